The van der Waals surface area contributed by atoms with E-state index in [4.69, 9.17) is 14.2 Å². The van der Waals surface area contributed by atoms with Gasteiger partial charge in [-0.05, 0) is 44.5 Å². The SMILES string of the molecule is CC(C)n1nccc1NC(=O)[C@H](C)OC(=O)/C=C/c1ccc2c(c1)OCCO2. The molecule has 0 fully saturated rings. The van der Waals surface area contributed by atoms with E-state index in [1.165, 1.54) is 13.0 Å². The fourth-order valence-corrected chi connectivity index (χ4v) is 2.65. The molecule has 0 bridgehead atoms. The predicted octanol–water partition coefficient (Wildman–Crippen LogP) is 2.82. The van der Waals surface area contributed by atoms with Crippen LogP contribution in [-0.2, 0) is 14.3 Å². The van der Waals surface area contributed by atoms with Gasteiger partial charge in [-0.2, -0.15) is 5.10 Å². The summed E-state index contributed by atoms with van der Waals surface area (Å²) in [5.41, 5.74) is 0.763. The molecular weight excluding hydrogens is 362 g/mol. The second-order valence-corrected chi connectivity index (χ2v) is 6.56. The molecular formula is C20H23N3O5. The molecule has 0 radical (unpaired) electrons. The summed E-state index contributed by atoms with van der Waals surface area (Å²) in [6.45, 7) is 6.43. The summed E-state index contributed by atoms with van der Waals surface area (Å²) in [5.74, 6) is 0.821. The van der Waals surface area contributed by atoms with Crippen LogP contribution in [0.2, 0.25) is 0 Å². The first-order valence-electron chi connectivity index (χ1n) is 9.07. The van der Waals surface area contributed by atoms with Gasteiger partial charge in [0.05, 0.1) is 6.20 Å². The number of amides is 1. The van der Waals surface area contributed by atoms with E-state index >= 15 is 0 Å². The molecule has 1 aliphatic heterocycles. The Labute approximate surface area is 163 Å². The molecule has 2 aromatic rings. The van der Waals surface area contributed by atoms with Gasteiger partial charge in [-0.25, -0.2) is 9.48 Å². The Kier molecular flexibility index (Phi) is 5.98. The average Bonchev–Trinajstić information content (AvgIpc) is 3.14. The lowest BCUT2D eigenvalue weighted by Crippen LogP contribution is -2.30. The van der Waals surface area contributed by atoms with Crippen molar-refractivity contribution in [2.24, 2.45) is 0 Å². The highest BCUT2D eigenvalue weighted by Gasteiger charge is 2.19. The van der Waals surface area contributed by atoms with Gasteiger partial charge in [-0.3, -0.25) is 4.79 Å². The number of esters is 1. The number of anilines is 1. The Hall–Kier alpha value is -3.29. The molecule has 0 aliphatic carbocycles. The Bertz CT molecular complexity index is 888. The van der Waals surface area contributed by atoms with Crippen molar-refractivity contribution in [3.05, 3.63) is 42.1 Å². The summed E-state index contributed by atoms with van der Waals surface area (Å²) in [5, 5.41) is 6.86. The standard InChI is InChI=1S/C20H23N3O5/c1-13(2)23-18(8-9-21-23)22-20(25)14(3)28-19(24)7-5-15-4-6-16-17(12-15)27-11-10-26-16/h4-9,12-14H,10-11H2,1-3H3,(H,22,25)/b7-5+/t14-/m0/s1. The summed E-state index contributed by atoms with van der Waals surface area (Å²) >= 11 is 0. The molecule has 148 valence electrons. The van der Waals surface area contributed by atoms with Crippen molar-refractivity contribution in [3.63, 3.8) is 0 Å². The third-order valence-electron chi connectivity index (χ3n) is 4.05. The predicted molar refractivity (Wildman–Crippen MR) is 103 cm³/mol. The number of fused-ring (bicyclic) bond motifs is 1. The van der Waals surface area contributed by atoms with Crippen LogP contribution in [0.25, 0.3) is 6.08 Å². The van der Waals surface area contributed by atoms with E-state index in [9.17, 15) is 9.59 Å². The summed E-state index contributed by atoms with van der Waals surface area (Å²) < 4.78 is 17.8. The van der Waals surface area contributed by atoms with E-state index in [-0.39, 0.29) is 6.04 Å². The molecule has 1 aliphatic rings. The smallest absolute Gasteiger partial charge is 0.331 e. The lowest BCUT2D eigenvalue weighted by molar-refractivity contribution is -0.148. The van der Waals surface area contributed by atoms with Crippen LogP contribution < -0.4 is 14.8 Å². The minimum Gasteiger partial charge on any atom is -0.486 e. The second-order valence-electron chi connectivity index (χ2n) is 6.56. The molecule has 0 spiro atoms. The first-order valence-corrected chi connectivity index (χ1v) is 9.07. The highest BCUT2D eigenvalue weighted by Crippen LogP contribution is 2.31. The molecule has 8 nitrogen and oxygen atoms in total. The molecule has 0 saturated carbocycles. The first kappa shape index (κ1) is 19.5. The van der Waals surface area contributed by atoms with Gasteiger partial charge in [-0.15, -0.1) is 0 Å². The molecule has 28 heavy (non-hydrogen) atoms. The quantitative estimate of drug-likeness (QED) is 0.607. The van der Waals surface area contributed by atoms with Crippen molar-refractivity contribution < 1.29 is 23.8 Å². The van der Waals surface area contributed by atoms with E-state index < -0.39 is 18.0 Å². The van der Waals surface area contributed by atoms with Gasteiger partial charge in [0.1, 0.15) is 19.0 Å². The van der Waals surface area contributed by atoms with Gasteiger partial charge < -0.3 is 19.5 Å². The zero-order valence-electron chi connectivity index (χ0n) is 16.0. The Morgan fingerprint density at radius 1 is 1.18 bits per heavy atom. The molecule has 1 amide bonds. The third kappa shape index (κ3) is 4.70. The minimum absolute atomic E-state index is 0.0945. The molecule has 3 rings (SSSR count). The summed E-state index contributed by atoms with van der Waals surface area (Å²) in [7, 11) is 0. The summed E-state index contributed by atoms with van der Waals surface area (Å²) in [6, 6.07) is 7.15. The van der Waals surface area contributed by atoms with Crippen LogP contribution in [0.5, 0.6) is 11.5 Å². The van der Waals surface area contributed by atoms with Crippen molar-refractivity contribution in [2.75, 3.05) is 18.5 Å². The van der Waals surface area contributed by atoms with Crippen molar-refractivity contribution in [1.29, 1.82) is 0 Å². The number of benzene rings is 1. The summed E-state index contributed by atoms with van der Waals surface area (Å²) in [6.07, 6.45) is 3.52. The fraction of sp³-hybridized carbons (Fsp3) is 0.350. The largest absolute Gasteiger partial charge is 0.486 e. The maximum Gasteiger partial charge on any atom is 0.331 e. The average molecular weight is 385 g/mol. The van der Waals surface area contributed by atoms with Gasteiger partial charge in [0.25, 0.3) is 5.91 Å². The zero-order valence-corrected chi connectivity index (χ0v) is 16.0. The van der Waals surface area contributed by atoms with E-state index in [1.54, 1.807) is 41.2 Å². The van der Waals surface area contributed by atoms with Crippen molar-refractivity contribution in [2.45, 2.75) is 32.9 Å². The van der Waals surface area contributed by atoms with Gasteiger partial charge in [0, 0.05) is 18.2 Å². The molecule has 2 heterocycles. The van der Waals surface area contributed by atoms with Crippen LogP contribution in [0.1, 0.15) is 32.4 Å². The van der Waals surface area contributed by atoms with E-state index in [0.29, 0.717) is 30.5 Å². The molecule has 1 N–H and O–H groups in total. The maximum atomic E-state index is 12.3. The minimum atomic E-state index is -0.951. The summed E-state index contributed by atoms with van der Waals surface area (Å²) in [4.78, 5) is 24.3. The van der Waals surface area contributed by atoms with Gasteiger partial charge in [-0.1, -0.05) is 6.07 Å². The Balaban J connectivity index is 1.55. The van der Waals surface area contributed by atoms with E-state index in [2.05, 4.69) is 10.4 Å². The molecule has 8 heteroatoms. The highest BCUT2D eigenvalue weighted by molar-refractivity contribution is 5.96. The van der Waals surface area contributed by atoms with Gasteiger partial charge >= 0.3 is 5.97 Å². The second kappa shape index (κ2) is 8.60. The number of aromatic nitrogens is 2. The molecule has 1 aromatic heterocycles. The fourth-order valence-electron chi connectivity index (χ4n) is 2.65. The number of carbonyl (C=O) groups excluding carboxylic acids is 2. The molecule has 0 unspecified atom stereocenters. The maximum absolute atomic E-state index is 12.3. The van der Waals surface area contributed by atoms with E-state index in [1.807, 2.05) is 13.8 Å². The molecule has 1 atom stereocenters. The van der Waals surface area contributed by atoms with Crippen LogP contribution in [0.15, 0.2) is 36.5 Å². The molecule has 0 saturated heterocycles. The number of nitrogens with zero attached hydrogens (tertiary/aromatic N) is 2. The van der Waals surface area contributed by atoms with Crippen molar-refractivity contribution in [1.82, 2.24) is 9.78 Å². The van der Waals surface area contributed by atoms with E-state index in [0.717, 1.165) is 5.56 Å². The zero-order chi connectivity index (χ0) is 20.1. The normalized spacial score (nSPS) is 14.1. The van der Waals surface area contributed by atoms with Crippen LogP contribution in [0, 0.1) is 0 Å². The number of nitrogens with one attached hydrogen (secondary N) is 1. The van der Waals surface area contributed by atoms with Gasteiger partial charge in [0.15, 0.2) is 17.6 Å². The van der Waals surface area contributed by atoms with Crippen molar-refractivity contribution >= 4 is 23.8 Å². The molecule has 1 aromatic carbocycles. The Morgan fingerprint density at radius 3 is 2.68 bits per heavy atom. The number of hydrogen-bond donors (Lipinski definition) is 1. The van der Waals surface area contributed by atoms with Crippen molar-refractivity contribution in [3.8, 4) is 11.5 Å². The third-order valence-corrected chi connectivity index (χ3v) is 4.05. The van der Waals surface area contributed by atoms with Crippen LogP contribution >= 0.6 is 0 Å². The number of carbonyl (C=O) groups is 2. The van der Waals surface area contributed by atoms with Crippen LogP contribution in [0.3, 0.4) is 0 Å². The first-order chi connectivity index (χ1) is 13.4. The van der Waals surface area contributed by atoms with Crippen LogP contribution in [0.4, 0.5) is 5.82 Å². The van der Waals surface area contributed by atoms with Gasteiger partial charge in [0.2, 0.25) is 0 Å². The Morgan fingerprint density at radius 2 is 1.93 bits per heavy atom. The number of hydrogen-bond acceptors (Lipinski definition) is 6. The number of ether oxygens (including phenoxy) is 3. The lowest BCUT2D eigenvalue weighted by atomic mass is 10.2. The topological polar surface area (TPSA) is 91.7 Å². The lowest BCUT2D eigenvalue weighted by Gasteiger charge is -2.18. The monoisotopic (exact) mass is 385 g/mol. The van der Waals surface area contributed by atoms with Crippen LogP contribution in [-0.4, -0.2) is 41.0 Å². The number of rotatable bonds is 6. The highest BCUT2D eigenvalue weighted by atomic mass is 16.6.